The highest BCUT2D eigenvalue weighted by molar-refractivity contribution is 6.30. The molecule has 0 saturated carbocycles. The van der Waals surface area contributed by atoms with Gasteiger partial charge in [-0.3, -0.25) is 9.89 Å². The molecule has 2 aliphatic heterocycles. The Morgan fingerprint density at radius 3 is 2.53 bits per heavy atom. The topological polar surface area (TPSA) is 85.9 Å². The Labute approximate surface area is 225 Å². The van der Waals surface area contributed by atoms with Gasteiger partial charge in [-0.25, -0.2) is 0 Å². The second-order valence-electron chi connectivity index (χ2n) is 8.96. The third-order valence-electron chi connectivity index (χ3n) is 6.65. The smallest absolute Gasteiger partial charge is 0.273 e. The molecule has 38 heavy (non-hydrogen) atoms. The summed E-state index contributed by atoms with van der Waals surface area (Å²) in [7, 11) is 0. The summed E-state index contributed by atoms with van der Waals surface area (Å²) in [6.07, 6.45) is 0. The Kier molecular flexibility index (Phi) is 6.33. The van der Waals surface area contributed by atoms with E-state index in [4.69, 9.17) is 30.5 Å². The zero-order chi connectivity index (χ0) is 26.2. The third-order valence-corrected chi connectivity index (χ3v) is 6.91. The minimum absolute atomic E-state index is 0.137. The zero-order valence-corrected chi connectivity index (χ0v) is 21.7. The van der Waals surface area contributed by atoms with Crippen LogP contribution in [0.25, 0.3) is 11.3 Å². The number of benzene rings is 3. The van der Waals surface area contributed by atoms with Crippen LogP contribution in [0.5, 0.6) is 23.0 Å². The SMILES string of the molecule is CCOc1ccc(C2c3c(-c4ccc(Cl)cc4)n[nH]c3C(=O)N2Cc2ccc3c(c2)OCO3)cc1OCC. The Hall–Kier alpha value is -4.17. The number of hydrogen-bond donors (Lipinski definition) is 1. The summed E-state index contributed by atoms with van der Waals surface area (Å²) in [6.45, 7) is 5.42. The van der Waals surface area contributed by atoms with E-state index in [0.717, 1.165) is 22.3 Å². The average Bonchev–Trinajstić information content (AvgIpc) is 3.63. The lowest BCUT2D eigenvalue weighted by molar-refractivity contribution is 0.0729. The van der Waals surface area contributed by atoms with Crippen molar-refractivity contribution in [2.75, 3.05) is 20.0 Å². The van der Waals surface area contributed by atoms with E-state index >= 15 is 0 Å². The number of carbonyl (C=O) groups is 1. The van der Waals surface area contributed by atoms with Gasteiger partial charge in [0, 0.05) is 22.7 Å². The summed E-state index contributed by atoms with van der Waals surface area (Å²) in [5, 5.41) is 8.18. The highest BCUT2D eigenvalue weighted by Gasteiger charge is 2.42. The first-order chi connectivity index (χ1) is 18.6. The van der Waals surface area contributed by atoms with Crippen LogP contribution in [0.1, 0.15) is 47.1 Å². The van der Waals surface area contributed by atoms with Gasteiger partial charge in [0.2, 0.25) is 6.79 Å². The van der Waals surface area contributed by atoms with Crippen LogP contribution in [-0.2, 0) is 6.54 Å². The van der Waals surface area contributed by atoms with Crippen molar-refractivity contribution in [2.45, 2.75) is 26.4 Å². The van der Waals surface area contributed by atoms with E-state index in [2.05, 4.69) is 10.2 Å². The normalized spacial score (nSPS) is 15.6. The van der Waals surface area contributed by atoms with Gasteiger partial charge in [-0.15, -0.1) is 0 Å². The number of nitrogens with zero attached hydrogens (tertiary/aromatic N) is 2. The molecule has 6 rings (SSSR count). The van der Waals surface area contributed by atoms with Gasteiger partial charge in [-0.1, -0.05) is 35.9 Å². The molecule has 1 amide bonds. The van der Waals surface area contributed by atoms with Crippen molar-refractivity contribution in [3.63, 3.8) is 0 Å². The summed E-state index contributed by atoms with van der Waals surface area (Å²) in [5.74, 6) is 2.53. The van der Waals surface area contributed by atoms with E-state index in [-0.39, 0.29) is 12.7 Å². The molecule has 3 heterocycles. The van der Waals surface area contributed by atoms with E-state index in [1.165, 1.54) is 0 Å². The largest absolute Gasteiger partial charge is 0.490 e. The maximum atomic E-state index is 13.8. The van der Waals surface area contributed by atoms with Crippen LogP contribution in [0.15, 0.2) is 60.7 Å². The Morgan fingerprint density at radius 1 is 0.974 bits per heavy atom. The minimum Gasteiger partial charge on any atom is -0.490 e. The zero-order valence-electron chi connectivity index (χ0n) is 21.0. The van der Waals surface area contributed by atoms with Crippen LogP contribution in [0, 0.1) is 0 Å². The van der Waals surface area contributed by atoms with E-state index in [0.29, 0.717) is 59.2 Å². The van der Waals surface area contributed by atoms with Crippen molar-refractivity contribution in [2.24, 2.45) is 0 Å². The molecule has 0 bridgehead atoms. The predicted molar refractivity (Wildman–Crippen MR) is 142 cm³/mol. The van der Waals surface area contributed by atoms with Crippen LogP contribution in [0.2, 0.25) is 5.02 Å². The van der Waals surface area contributed by atoms with Crippen molar-refractivity contribution in [1.29, 1.82) is 0 Å². The molecule has 0 spiro atoms. The first-order valence-electron chi connectivity index (χ1n) is 12.5. The summed E-state index contributed by atoms with van der Waals surface area (Å²) < 4.78 is 22.7. The maximum absolute atomic E-state index is 13.8. The molecule has 4 aromatic rings. The number of carbonyl (C=O) groups excluding carboxylic acids is 1. The number of halogens is 1. The lowest BCUT2D eigenvalue weighted by Gasteiger charge is -2.27. The maximum Gasteiger partial charge on any atom is 0.273 e. The average molecular weight is 532 g/mol. The van der Waals surface area contributed by atoms with Gasteiger partial charge >= 0.3 is 0 Å². The summed E-state index contributed by atoms with van der Waals surface area (Å²) in [6, 6.07) is 18.6. The molecule has 8 nitrogen and oxygen atoms in total. The number of ether oxygens (including phenoxy) is 4. The first-order valence-corrected chi connectivity index (χ1v) is 12.9. The molecule has 194 valence electrons. The van der Waals surface area contributed by atoms with Crippen molar-refractivity contribution in [1.82, 2.24) is 15.1 Å². The van der Waals surface area contributed by atoms with Gasteiger partial charge in [0.15, 0.2) is 23.0 Å². The van der Waals surface area contributed by atoms with Gasteiger partial charge in [0.05, 0.1) is 24.9 Å². The molecule has 1 N–H and O–H groups in total. The number of hydrogen-bond acceptors (Lipinski definition) is 6. The summed E-state index contributed by atoms with van der Waals surface area (Å²) >= 11 is 6.14. The van der Waals surface area contributed by atoms with E-state index in [1.54, 1.807) is 0 Å². The molecule has 1 aromatic heterocycles. The lowest BCUT2D eigenvalue weighted by atomic mass is 9.95. The Bertz CT molecular complexity index is 1500. The van der Waals surface area contributed by atoms with Gasteiger partial charge < -0.3 is 23.8 Å². The molecule has 9 heteroatoms. The van der Waals surface area contributed by atoms with E-state index in [1.807, 2.05) is 79.4 Å². The molecule has 1 atom stereocenters. The van der Waals surface area contributed by atoms with Crippen LogP contribution in [-0.4, -0.2) is 41.0 Å². The molecule has 0 fully saturated rings. The second-order valence-corrected chi connectivity index (χ2v) is 9.40. The molecule has 1 unspecified atom stereocenters. The molecular formula is C29H26ClN3O5. The van der Waals surface area contributed by atoms with Gasteiger partial charge in [-0.2, -0.15) is 5.10 Å². The Balaban J connectivity index is 1.47. The van der Waals surface area contributed by atoms with Crippen LogP contribution in [0.3, 0.4) is 0 Å². The Morgan fingerprint density at radius 2 is 1.74 bits per heavy atom. The molecule has 0 radical (unpaired) electrons. The second kappa shape index (κ2) is 9.95. The predicted octanol–water partition coefficient (Wildman–Crippen LogP) is 6.00. The van der Waals surface area contributed by atoms with Crippen molar-refractivity contribution >= 4 is 17.5 Å². The first kappa shape index (κ1) is 24.2. The fraction of sp³-hybridized carbons (Fsp3) is 0.241. The number of nitrogens with one attached hydrogen (secondary N) is 1. The molecule has 2 aliphatic rings. The van der Waals surface area contributed by atoms with Crippen molar-refractivity contribution < 1.29 is 23.7 Å². The number of fused-ring (bicyclic) bond motifs is 2. The minimum atomic E-state index is -0.415. The summed E-state index contributed by atoms with van der Waals surface area (Å²) in [5.41, 5.74) is 4.66. The van der Waals surface area contributed by atoms with Gasteiger partial charge in [0.25, 0.3) is 5.91 Å². The summed E-state index contributed by atoms with van der Waals surface area (Å²) in [4.78, 5) is 15.7. The van der Waals surface area contributed by atoms with Crippen molar-refractivity contribution in [3.8, 4) is 34.3 Å². The van der Waals surface area contributed by atoms with Gasteiger partial charge in [-0.05, 0) is 61.4 Å². The lowest BCUT2D eigenvalue weighted by Crippen LogP contribution is -2.29. The van der Waals surface area contributed by atoms with Gasteiger partial charge in [0.1, 0.15) is 5.69 Å². The molecule has 3 aromatic carbocycles. The van der Waals surface area contributed by atoms with Crippen LogP contribution in [0.4, 0.5) is 0 Å². The number of amides is 1. The molecule has 0 saturated heterocycles. The fourth-order valence-electron chi connectivity index (χ4n) is 5.01. The highest BCUT2D eigenvalue weighted by Crippen LogP contribution is 2.46. The van der Waals surface area contributed by atoms with E-state index in [9.17, 15) is 4.79 Å². The molecule has 0 aliphatic carbocycles. The quantitative estimate of drug-likeness (QED) is 0.300. The van der Waals surface area contributed by atoms with Crippen molar-refractivity contribution in [3.05, 3.63) is 88.1 Å². The van der Waals surface area contributed by atoms with Crippen LogP contribution < -0.4 is 18.9 Å². The standard InChI is InChI=1S/C29H26ClN3O5/c1-3-35-21-12-8-19(14-24(21)36-4-2)28-25-26(18-6-9-20(30)10-7-18)31-32-27(25)29(34)33(28)15-17-5-11-22-23(13-17)38-16-37-22/h5-14,28H,3-4,15-16H2,1-2H3,(H,31,32). The van der Waals surface area contributed by atoms with E-state index < -0.39 is 6.04 Å². The van der Waals surface area contributed by atoms with Crippen LogP contribution >= 0.6 is 11.6 Å². The number of aromatic amines is 1. The number of aromatic nitrogens is 2. The third kappa shape index (κ3) is 4.20. The fourth-order valence-corrected chi connectivity index (χ4v) is 5.13. The number of H-pyrrole nitrogens is 1. The molecular weight excluding hydrogens is 506 g/mol. The number of rotatable bonds is 8. The monoisotopic (exact) mass is 531 g/mol. The highest BCUT2D eigenvalue weighted by atomic mass is 35.5.